The van der Waals surface area contributed by atoms with Crippen LogP contribution in [0.15, 0.2) is 29.2 Å². The highest BCUT2D eigenvalue weighted by atomic mass is 32.2. The van der Waals surface area contributed by atoms with Gasteiger partial charge in [-0.15, -0.1) is 0 Å². The largest absolute Gasteiger partial charge is 0.341 e. The fraction of sp³-hybridized carbons (Fsp3) is 0.579. The Morgan fingerprint density at radius 2 is 1.81 bits per heavy atom. The number of carbonyl (C=O) groups is 2. The first-order valence-electron chi connectivity index (χ1n) is 9.46. The number of benzene rings is 1. The number of nitrogens with two attached hydrogens (primary N) is 1. The third kappa shape index (κ3) is 4.07. The second-order valence-electron chi connectivity index (χ2n) is 7.38. The van der Waals surface area contributed by atoms with Crippen molar-refractivity contribution in [2.24, 2.45) is 11.7 Å². The Balaban J connectivity index is 1.83. The lowest BCUT2D eigenvalue weighted by molar-refractivity contribution is -0.135. The van der Waals surface area contributed by atoms with Gasteiger partial charge >= 0.3 is 0 Å². The lowest BCUT2D eigenvalue weighted by atomic mass is 10.0. The molecule has 2 unspecified atom stereocenters. The number of carbonyl (C=O) groups excluding carboxylic acids is 2. The third-order valence-corrected chi connectivity index (χ3v) is 7.46. The van der Waals surface area contributed by atoms with E-state index in [4.69, 9.17) is 5.73 Å². The number of Topliss-reactive ketones (excluding diaryl/α,β-unsaturated/α-hetero) is 1. The molecule has 2 fully saturated rings. The molecule has 0 radical (unpaired) electrons. The van der Waals surface area contributed by atoms with Crippen LogP contribution in [0.25, 0.3) is 0 Å². The molecule has 2 heterocycles. The second kappa shape index (κ2) is 8.08. The zero-order valence-corrected chi connectivity index (χ0v) is 16.5. The number of likely N-dealkylation sites (tertiary alicyclic amines) is 1. The Hall–Kier alpha value is -1.77. The Kier molecular flexibility index (Phi) is 5.98. The highest BCUT2D eigenvalue weighted by molar-refractivity contribution is 7.89. The summed E-state index contributed by atoms with van der Waals surface area (Å²) in [7, 11) is -3.80. The van der Waals surface area contributed by atoms with E-state index in [9.17, 15) is 18.0 Å². The minimum Gasteiger partial charge on any atom is -0.341 e. The van der Waals surface area contributed by atoms with E-state index in [1.807, 2.05) is 0 Å². The second-order valence-corrected chi connectivity index (χ2v) is 9.27. The Morgan fingerprint density at radius 3 is 2.41 bits per heavy atom. The SMILES string of the molecule is CC(=O)c1ccc(S(=O)(=O)N2CCCCC2C(=O)N2CCC(CN)C2)cc1. The van der Waals surface area contributed by atoms with Gasteiger partial charge in [-0.2, -0.15) is 4.31 Å². The monoisotopic (exact) mass is 393 g/mol. The van der Waals surface area contributed by atoms with Crippen LogP contribution < -0.4 is 5.73 Å². The molecule has 1 aromatic carbocycles. The molecule has 0 aliphatic carbocycles. The zero-order chi connectivity index (χ0) is 19.6. The summed E-state index contributed by atoms with van der Waals surface area (Å²) in [4.78, 5) is 26.3. The number of sulfonamides is 1. The van der Waals surface area contributed by atoms with Crippen LogP contribution in [0.3, 0.4) is 0 Å². The molecule has 2 saturated heterocycles. The van der Waals surface area contributed by atoms with Gasteiger partial charge in [0.15, 0.2) is 5.78 Å². The van der Waals surface area contributed by atoms with E-state index >= 15 is 0 Å². The average Bonchev–Trinajstić information content (AvgIpc) is 3.16. The molecule has 0 bridgehead atoms. The first-order chi connectivity index (χ1) is 12.8. The smallest absolute Gasteiger partial charge is 0.243 e. The minimum atomic E-state index is -3.80. The number of ketones is 1. The molecule has 8 heteroatoms. The van der Waals surface area contributed by atoms with Crippen LogP contribution in [0.1, 0.15) is 43.0 Å². The average molecular weight is 394 g/mol. The van der Waals surface area contributed by atoms with Crippen molar-refractivity contribution in [3.63, 3.8) is 0 Å². The van der Waals surface area contributed by atoms with E-state index in [0.29, 0.717) is 44.1 Å². The van der Waals surface area contributed by atoms with Gasteiger partial charge in [0.25, 0.3) is 0 Å². The van der Waals surface area contributed by atoms with Gasteiger partial charge in [0.2, 0.25) is 15.9 Å². The highest BCUT2D eigenvalue weighted by Crippen LogP contribution is 2.28. The summed E-state index contributed by atoms with van der Waals surface area (Å²) in [5.41, 5.74) is 6.18. The van der Waals surface area contributed by atoms with Gasteiger partial charge in [-0.1, -0.05) is 18.6 Å². The number of nitrogens with zero attached hydrogens (tertiary/aromatic N) is 2. The molecule has 7 nitrogen and oxygen atoms in total. The van der Waals surface area contributed by atoms with E-state index in [0.717, 1.165) is 19.3 Å². The van der Waals surface area contributed by atoms with Crippen molar-refractivity contribution in [3.05, 3.63) is 29.8 Å². The topological polar surface area (TPSA) is 101 Å². The van der Waals surface area contributed by atoms with Crippen molar-refractivity contribution in [2.75, 3.05) is 26.2 Å². The number of hydrogen-bond donors (Lipinski definition) is 1. The van der Waals surface area contributed by atoms with Crippen LogP contribution in [0.2, 0.25) is 0 Å². The highest BCUT2D eigenvalue weighted by Gasteiger charge is 2.40. The molecule has 0 aromatic heterocycles. The molecule has 1 amide bonds. The molecule has 2 aliphatic heterocycles. The van der Waals surface area contributed by atoms with Crippen LogP contribution in [0, 0.1) is 5.92 Å². The number of amides is 1. The number of rotatable bonds is 5. The Morgan fingerprint density at radius 1 is 1.11 bits per heavy atom. The van der Waals surface area contributed by atoms with E-state index in [1.54, 1.807) is 4.90 Å². The normalized spacial score (nSPS) is 24.1. The van der Waals surface area contributed by atoms with E-state index in [-0.39, 0.29) is 16.6 Å². The van der Waals surface area contributed by atoms with Crippen LogP contribution in [0.5, 0.6) is 0 Å². The summed E-state index contributed by atoms with van der Waals surface area (Å²) >= 11 is 0. The first-order valence-corrected chi connectivity index (χ1v) is 10.9. The summed E-state index contributed by atoms with van der Waals surface area (Å²) in [6, 6.07) is 5.27. The summed E-state index contributed by atoms with van der Waals surface area (Å²) in [6.07, 6.45) is 2.97. The first kappa shape index (κ1) is 20.0. The number of hydrogen-bond acceptors (Lipinski definition) is 5. The van der Waals surface area contributed by atoms with Crippen molar-refractivity contribution in [1.82, 2.24) is 9.21 Å². The molecule has 1 aromatic rings. The predicted molar refractivity (Wildman–Crippen MR) is 102 cm³/mol. The van der Waals surface area contributed by atoms with Gasteiger partial charge in [0.1, 0.15) is 6.04 Å². The summed E-state index contributed by atoms with van der Waals surface area (Å²) in [5.74, 6) is 0.0600. The molecule has 148 valence electrons. The van der Waals surface area contributed by atoms with Crippen molar-refractivity contribution in [2.45, 2.75) is 43.5 Å². The molecule has 0 saturated carbocycles. The van der Waals surface area contributed by atoms with Crippen LogP contribution in [-0.2, 0) is 14.8 Å². The van der Waals surface area contributed by atoms with Gasteiger partial charge in [-0.05, 0) is 50.8 Å². The summed E-state index contributed by atoms with van der Waals surface area (Å²) < 4.78 is 27.7. The maximum Gasteiger partial charge on any atom is 0.243 e. The fourth-order valence-corrected chi connectivity index (χ4v) is 5.52. The van der Waals surface area contributed by atoms with Crippen LogP contribution in [-0.4, -0.2) is 61.5 Å². The quantitative estimate of drug-likeness (QED) is 0.759. The molecule has 0 spiro atoms. The fourth-order valence-electron chi connectivity index (χ4n) is 3.87. The van der Waals surface area contributed by atoms with Gasteiger partial charge in [-0.25, -0.2) is 8.42 Å². The van der Waals surface area contributed by atoms with E-state index in [2.05, 4.69) is 0 Å². The lowest BCUT2D eigenvalue weighted by Gasteiger charge is -2.35. The van der Waals surface area contributed by atoms with Crippen molar-refractivity contribution in [1.29, 1.82) is 0 Å². The van der Waals surface area contributed by atoms with Gasteiger partial charge in [0.05, 0.1) is 4.90 Å². The minimum absolute atomic E-state index is 0.116. The molecule has 2 N–H and O–H groups in total. The molecule has 2 atom stereocenters. The van der Waals surface area contributed by atoms with Crippen LogP contribution in [0.4, 0.5) is 0 Å². The summed E-state index contributed by atoms with van der Waals surface area (Å²) in [5, 5.41) is 0. The lowest BCUT2D eigenvalue weighted by Crippen LogP contribution is -2.52. The summed E-state index contributed by atoms with van der Waals surface area (Å²) in [6.45, 7) is 3.55. The maximum absolute atomic E-state index is 13.2. The van der Waals surface area contributed by atoms with E-state index < -0.39 is 16.1 Å². The Bertz CT molecular complexity index is 807. The van der Waals surface area contributed by atoms with Gasteiger partial charge in [-0.3, -0.25) is 9.59 Å². The molecule has 3 rings (SSSR count). The zero-order valence-electron chi connectivity index (χ0n) is 15.6. The van der Waals surface area contributed by atoms with Crippen LogP contribution >= 0.6 is 0 Å². The van der Waals surface area contributed by atoms with Crippen molar-refractivity contribution >= 4 is 21.7 Å². The predicted octanol–water partition coefficient (Wildman–Crippen LogP) is 1.24. The molecular formula is C19H27N3O4S. The third-order valence-electron chi connectivity index (χ3n) is 5.54. The Labute approximate surface area is 160 Å². The molecular weight excluding hydrogens is 366 g/mol. The standard InChI is InChI=1S/C19H27N3O4S/c1-14(23)16-5-7-17(8-6-16)27(25,26)22-10-3-2-4-18(22)19(24)21-11-9-15(12-20)13-21/h5-8,15,18H,2-4,9-13,20H2,1H3. The van der Waals surface area contributed by atoms with Gasteiger partial charge < -0.3 is 10.6 Å². The van der Waals surface area contributed by atoms with E-state index in [1.165, 1.54) is 35.5 Å². The van der Waals surface area contributed by atoms with Crippen molar-refractivity contribution in [3.8, 4) is 0 Å². The van der Waals surface area contributed by atoms with Crippen molar-refractivity contribution < 1.29 is 18.0 Å². The molecule has 2 aliphatic rings. The molecule has 27 heavy (non-hydrogen) atoms. The van der Waals surface area contributed by atoms with Gasteiger partial charge in [0, 0.05) is 25.2 Å². The number of piperidine rings is 1. The maximum atomic E-state index is 13.2.